The highest BCUT2D eigenvalue weighted by molar-refractivity contribution is 7.15. The van der Waals surface area contributed by atoms with Gasteiger partial charge < -0.3 is 19.1 Å². The standard InChI is InChI=1S/C29H23FN4O4S/c1-37-12-11-34-25-14-19(29(35)36)7-9-23(25)32-27(34)15-21-8-10-26(39-21)24-3-2-4-28(33-24)38-17-20-6-5-18(16-31)13-22(20)30/h2-10,13-14H,11-12,15,17H2,1H3,(H,35,36). The lowest BCUT2D eigenvalue weighted by Crippen LogP contribution is -2.09. The molecule has 0 atom stereocenters. The Kier molecular flexibility index (Phi) is 7.63. The van der Waals surface area contributed by atoms with E-state index in [2.05, 4.69) is 4.98 Å². The molecule has 5 rings (SSSR count). The Morgan fingerprint density at radius 3 is 2.77 bits per heavy atom. The molecule has 39 heavy (non-hydrogen) atoms. The van der Waals surface area contributed by atoms with E-state index in [9.17, 15) is 14.3 Å². The smallest absolute Gasteiger partial charge is 0.335 e. The van der Waals surface area contributed by atoms with Crippen molar-refractivity contribution in [1.82, 2.24) is 14.5 Å². The fourth-order valence-electron chi connectivity index (χ4n) is 4.16. The molecule has 1 N–H and O–H groups in total. The van der Waals surface area contributed by atoms with Gasteiger partial charge in [-0.15, -0.1) is 11.3 Å². The largest absolute Gasteiger partial charge is 0.478 e. The first-order chi connectivity index (χ1) is 18.9. The maximum absolute atomic E-state index is 14.2. The van der Waals surface area contributed by atoms with Gasteiger partial charge in [0.15, 0.2) is 0 Å². The van der Waals surface area contributed by atoms with Crippen LogP contribution >= 0.6 is 11.3 Å². The molecule has 0 aliphatic rings. The van der Waals surface area contributed by atoms with Gasteiger partial charge in [-0.1, -0.05) is 12.1 Å². The first-order valence-electron chi connectivity index (χ1n) is 12.0. The van der Waals surface area contributed by atoms with Gasteiger partial charge >= 0.3 is 5.97 Å². The van der Waals surface area contributed by atoms with Crippen molar-refractivity contribution in [1.29, 1.82) is 5.26 Å². The third-order valence-electron chi connectivity index (χ3n) is 6.12. The number of pyridine rings is 1. The highest BCUT2D eigenvalue weighted by atomic mass is 32.1. The minimum atomic E-state index is -0.985. The summed E-state index contributed by atoms with van der Waals surface area (Å²) in [5, 5.41) is 18.3. The third kappa shape index (κ3) is 5.80. The number of nitrogens with zero attached hydrogens (tertiary/aromatic N) is 4. The molecule has 0 bridgehead atoms. The van der Waals surface area contributed by atoms with Gasteiger partial charge in [-0.25, -0.2) is 19.2 Å². The van der Waals surface area contributed by atoms with Crippen LogP contribution in [0, 0.1) is 17.1 Å². The topological polar surface area (TPSA) is 110 Å². The van der Waals surface area contributed by atoms with E-state index < -0.39 is 11.8 Å². The van der Waals surface area contributed by atoms with Crippen LogP contribution in [0.3, 0.4) is 0 Å². The van der Waals surface area contributed by atoms with Crippen LogP contribution in [0.5, 0.6) is 5.88 Å². The monoisotopic (exact) mass is 542 g/mol. The second kappa shape index (κ2) is 11.4. The normalized spacial score (nSPS) is 11.0. The lowest BCUT2D eigenvalue weighted by atomic mass is 10.1. The fraction of sp³-hybridized carbons (Fsp3) is 0.172. The zero-order chi connectivity index (χ0) is 27.4. The molecule has 0 fully saturated rings. The summed E-state index contributed by atoms with van der Waals surface area (Å²) in [4.78, 5) is 22.8. The van der Waals surface area contributed by atoms with E-state index in [1.54, 1.807) is 48.8 Å². The van der Waals surface area contributed by atoms with Crippen molar-refractivity contribution in [3.05, 3.63) is 99.9 Å². The zero-order valence-corrected chi connectivity index (χ0v) is 21.7. The van der Waals surface area contributed by atoms with Crippen LogP contribution in [0.4, 0.5) is 4.39 Å². The quantitative estimate of drug-likeness (QED) is 0.242. The molecule has 0 saturated heterocycles. The Hall–Kier alpha value is -4.59. The molecule has 10 heteroatoms. The van der Waals surface area contributed by atoms with Crippen molar-refractivity contribution in [2.75, 3.05) is 13.7 Å². The molecule has 0 aliphatic carbocycles. The van der Waals surface area contributed by atoms with E-state index in [1.165, 1.54) is 12.1 Å². The van der Waals surface area contributed by atoms with Crippen LogP contribution in [-0.4, -0.2) is 39.3 Å². The first-order valence-corrected chi connectivity index (χ1v) is 12.9. The number of thiophene rings is 1. The number of aromatic nitrogens is 3. The summed E-state index contributed by atoms with van der Waals surface area (Å²) < 4.78 is 27.2. The fourth-order valence-corrected chi connectivity index (χ4v) is 5.13. The zero-order valence-electron chi connectivity index (χ0n) is 20.9. The van der Waals surface area contributed by atoms with Crippen molar-refractivity contribution < 1.29 is 23.8 Å². The Morgan fingerprint density at radius 1 is 1.13 bits per heavy atom. The average molecular weight is 543 g/mol. The minimum Gasteiger partial charge on any atom is -0.478 e. The second-order valence-electron chi connectivity index (χ2n) is 8.69. The van der Waals surface area contributed by atoms with Crippen LogP contribution < -0.4 is 4.74 Å². The average Bonchev–Trinajstić information content (AvgIpc) is 3.55. The Morgan fingerprint density at radius 2 is 2.00 bits per heavy atom. The molecule has 0 unspecified atom stereocenters. The summed E-state index contributed by atoms with van der Waals surface area (Å²) in [6, 6.07) is 20.5. The summed E-state index contributed by atoms with van der Waals surface area (Å²) in [6.07, 6.45) is 0.555. The second-order valence-corrected chi connectivity index (χ2v) is 9.86. The number of benzene rings is 2. The van der Waals surface area contributed by atoms with Crippen LogP contribution in [0.2, 0.25) is 0 Å². The van der Waals surface area contributed by atoms with E-state index in [1.807, 2.05) is 34.9 Å². The molecule has 0 aliphatic heterocycles. The van der Waals surface area contributed by atoms with Gasteiger partial charge in [-0.3, -0.25) is 0 Å². The van der Waals surface area contributed by atoms with Crippen LogP contribution in [0.1, 0.15) is 32.2 Å². The minimum absolute atomic E-state index is 0.00896. The molecule has 3 heterocycles. The van der Waals surface area contributed by atoms with Gasteiger partial charge in [0.05, 0.1) is 45.4 Å². The maximum atomic E-state index is 14.2. The lowest BCUT2D eigenvalue weighted by molar-refractivity contribution is 0.0697. The molecule has 8 nitrogen and oxygen atoms in total. The summed E-state index contributed by atoms with van der Waals surface area (Å²) in [5.74, 6) is -0.306. The van der Waals surface area contributed by atoms with E-state index in [0.717, 1.165) is 32.3 Å². The molecule has 3 aromatic heterocycles. The number of imidazole rings is 1. The number of carboxylic acids is 1. The molecule has 196 valence electrons. The maximum Gasteiger partial charge on any atom is 0.335 e. The van der Waals surface area contributed by atoms with E-state index >= 15 is 0 Å². The van der Waals surface area contributed by atoms with Gasteiger partial charge in [0.2, 0.25) is 5.88 Å². The highest BCUT2D eigenvalue weighted by Crippen LogP contribution is 2.30. The number of halogens is 1. The van der Waals surface area contributed by atoms with E-state index in [4.69, 9.17) is 19.7 Å². The molecule has 0 radical (unpaired) electrons. The number of fused-ring (bicyclic) bond motifs is 1. The van der Waals surface area contributed by atoms with Gasteiger partial charge in [0, 0.05) is 36.6 Å². The number of carboxylic acid groups (broad SMARTS) is 1. The Bertz CT molecular complexity index is 1710. The lowest BCUT2D eigenvalue weighted by Gasteiger charge is -2.08. The predicted molar refractivity (Wildman–Crippen MR) is 144 cm³/mol. The predicted octanol–water partition coefficient (Wildman–Crippen LogP) is 5.68. The number of aromatic carboxylic acids is 1. The van der Waals surface area contributed by atoms with Crippen LogP contribution in [0.25, 0.3) is 21.6 Å². The highest BCUT2D eigenvalue weighted by Gasteiger charge is 2.15. The molecule has 0 saturated carbocycles. The Labute approximate surface area is 227 Å². The summed E-state index contributed by atoms with van der Waals surface area (Å²) in [6.45, 7) is 1.00. The first kappa shape index (κ1) is 26.0. The number of rotatable bonds is 10. The van der Waals surface area contributed by atoms with E-state index in [0.29, 0.717) is 31.0 Å². The number of nitriles is 1. The molecule has 0 spiro atoms. The number of carbonyl (C=O) groups is 1. The number of ether oxygens (including phenoxy) is 2. The van der Waals surface area contributed by atoms with Crippen LogP contribution in [0.15, 0.2) is 66.7 Å². The van der Waals surface area contributed by atoms with Gasteiger partial charge in [0.25, 0.3) is 0 Å². The summed E-state index contributed by atoms with van der Waals surface area (Å²) >= 11 is 1.57. The van der Waals surface area contributed by atoms with Crippen molar-refractivity contribution >= 4 is 28.3 Å². The van der Waals surface area contributed by atoms with Crippen LogP contribution in [-0.2, 0) is 24.3 Å². The third-order valence-corrected chi connectivity index (χ3v) is 7.23. The van der Waals surface area contributed by atoms with Crippen molar-refractivity contribution in [2.24, 2.45) is 0 Å². The molecular weight excluding hydrogens is 519 g/mol. The number of hydrogen-bond donors (Lipinski definition) is 1. The van der Waals surface area contributed by atoms with Gasteiger partial charge in [-0.2, -0.15) is 5.26 Å². The molecular formula is C29H23FN4O4S. The number of methoxy groups -OCH3 is 1. The SMILES string of the molecule is COCCn1c(Cc2ccc(-c3cccc(OCc4ccc(C#N)cc4F)n3)s2)nc2ccc(C(=O)O)cc21. The molecule has 2 aromatic carbocycles. The Balaban J connectivity index is 1.35. The van der Waals surface area contributed by atoms with Crippen molar-refractivity contribution in [2.45, 2.75) is 19.6 Å². The molecule has 0 amide bonds. The van der Waals surface area contributed by atoms with E-state index in [-0.39, 0.29) is 17.7 Å². The summed E-state index contributed by atoms with van der Waals surface area (Å²) in [5.41, 5.74) is 3.01. The van der Waals surface area contributed by atoms with Crippen molar-refractivity contribution in [3.8, 4) is 22.5 Å². The molecule has 5 aromatic rings. The number of hydrogen-bond acceptors (Lipinski definition) is 7. The summed E-state index contributed by atoms with van der Waals surface area (Å²) in [7, 11) is 1.62. The van der Waals surface area contributed by atoms with Crippen molar-refractivity contribution in [3.63, 3.8) is 0 Å². The van der Waals surface area contributed by atoms with Gasteiger partial charge in [0.1, 0.15) is 18.2 Å². The van der Waals surface area contributed by atoms with Gasteiger partial charge in [-0.05, 0) is 48.5 Å².